The van der Waals surface area contributed by atoms with E-state index in [0.29, 0.717) is 18.1 Å². The number of terminal acetylenes is 1. The average molecular weight is 328 g/mol. The van der Waals surface area contributed by atoms with Crippen LogP contribution in [0.15, 0.2) is 17.8 Å². The lowest BCUT2D eigenvalue weighted by Gasteiger charge is -2.16. The van der Waals surface area contributed by atoms with Crippen molar-refractivity contribution in [3.8, 4) is 23.8 Å². The highest BCUT2D eigenvalue weighted by Crippen LogP contribution is 2.35. The van der Waals surface area contributed by atoms with Gasteiger partial charge in [0.2, 0.25) is 0 Å². The molecule has 0 bridgehead atoms. The summed E-state index contributed by atoms with van der Waals surface area (Å²) in [6.45, 7) is 4.55. The van der Waals surface area contributed by atoms with Crippen molar-refractivity contribution >= 4 is 18.0 Å². The smallest absolute Gasteiger partial charge is 0.326 e. The fourth-order valence-corrected chi connectivity index (χ4v) is 2.41. The van der Waals surface area contributed by atoms with Gasteiger partial charge in [-0.25, -0.2) is 4.79 Å². The molecular weight excluding hydrogens is 308 g/mol. The monoisotopic (exact) mass is 328 g/mol. The summed E-state index contributed by atoms with van der Waals surface area (Å²) in [7, 11) is 0. The van der Waals surface area contributed by atoms with Crippen LogP contribution in [0.2, 0.25) is 0 Å². The second-order valence-electron chi connectivity index (χ2n) is 5.15. The summed E-state index contributed by atoms with van der Waals surface area (Å²) in [5.41, 5.74) is 1.87. The van der Waals surface area contributed by atoms with Crippen LogP contribution < -0.4 is 20.1 Å². The summed E-state index contributed by atoms with van der Waals surface area (Å²) in [5, 5.41) is 4.64. The highest BCUT2D eigenvalue weighted by atomic mass is 16.5. The number of rotatable bonds is 7. The molecule has 1 saturated heterocycles. The molecule has 1 heterocycles. The number of nitrogens with one attached hydrogen (secondary N) is 2. The molecule has 24 heavy (non-hydrogen) atoms. The Labute approximate surface area is 141 Å². The van der Waals surface area contributed by atoms with Gasteiger partial charge in [0.1, 0.15) is 12.3 Å². The number of carbonyl (C=O) groups excluding carboxylic acids is 2. The quantitative estimate of drug-likeness (QED) is 0.457. The lowest BCUT2D eigenvalue weighted by atomic mass is 10.0. The zero-order valence-corrected chi connectivity index (χ0v) is 13.8. The molecule has 6 nitrogen and oxygen atoms in total. The maximum atomic E-state index is 11.7. The molecule has 0 unspecified atom stereocenters. The minimum atomic E-state index is -0.529. The van der Waals surface area contributed by atoms with Crippen molar-refractivity contribution in [2.24, 2.45) is 0 Å². The van der Waals surface area contributed by atoms with E-state index in [0.717, 1.165) is 24.0 Å². The minimum absolute atomic E-state index is 0.148. The van der Waals surface area contributed by atoms with Crippen LogP contribution in [0.5, 0.6) is 11.5 Å². The number of ether oxygens (including phenoxy) is 2. The lowest BCUT2D eigenvalue weighted by Crippen LogP contribution is -2.22. The van der Waals surface area contributed by atoms with Crippen molar-refractivity contribution in [1.82, 2.24) is 10.6 Å². The Kier molecular flexibility index (Phi) is 5.85. The average Bonchev–Trinajstić information content (AvgIpc) is 2.85. The number of carbonyl (C=O) groups is 2. The third-order valence-electron chi connectivity index (χ3n) is 3.30. The van der Waals surface area contributed by atoms with E-state index in [1.54, 1.807) is 12.1 Å². The summed E-state index contributed by atoms with van der Waals surface area (Å²) in [4.78, 5) is 22.9. The van der Waals surface area contributed by atoms with Gasteiger partial charge in [-0.05, 0) is 42.7 Å². The number of urea groups is 1. The van der Waals surface area contributed by atoms with Gasteiger partial charge >= 0.3 is 6.03 Å². The highest BCUT2D eigenvalue weighted by Gasteiger charge is 2.23. The van der Waals surface area contributed by atoms with E-state index < -0.39 is 11.9 Å². The van der Waals surface area contributed by atoms with Crippen LogP contribution >= 0.6 is 0 Å². The molecule has 3 amide bonds. The van der Waals surface area contributed by atoms with E-state index in [1.165, 1.54) is 0 Å². The van der Waals surface area contributed by atoms with Crippen LogP contribution in [0.1, 0.15) is 31.4 Å². The third-order valence-corrected chi connectivity index (χ3v) is 3.30. The molecule has 1 aliphatic heterocycles. The normalized spacial score (nSPS) is 15.0. The molecule has 6 heteroatoms. The van der Waals surface area contributed by atoms with Crippen LogP contribution in [0.3, 0.4) is 0 Å². The molecule has 0 atom stereocenters. The van der Waals surface area contributed by atoms with Crippen molar-refractivity contribution < 1.29 is 19.1 Å². The van der Waals surface area contributed by atoms with Gasteiger partial charge in [-0.2, -0.15) is 0 Å². The van der Waals surface area contributed by atoms with E-state index >= 15 is 0 Å². The van der Waals surface area contributed by atoms with Crippen LogP contribution in [-0.2, 0) is 11.2 Å². The van der Waals surface area contributed by atoms with E-state index in [2.05, 4.69) is 23.5 Å². The first kappa shape index (κ1) is 17.4. The van der Waals surface area contributed by atoms with E-state index in [9.17, 15) is 9.59 Å². The number of amides is 3. The predicted molar refractivity (Wildman–Crippen MR) is 90.6 cm³/mol. The van der Waals surface area contributed by atoms with Crippen molar-refractivity contribution in [3.05, 3.63) is 29.0 Å². The molecule has 0 saturated carbocycles. The second-order valence-corrected chi connectivity index (χ2v) is 5.15. The molecule has 126 valence electrons. The second kappa shape index (κ2) is 8.06. The van der Waals surface area contributed by atoms with Crippen LogP contribution in [0.4, 0.5) is 4.79 Å². The third kappa shape index (κ3) is 4.07. The summed E-state index contributed by atoms with van der Waals surface area (Å²) < 4.78 is 11.3. The van der Waals surface area contributed by atoms with Gasteiger partial charge in [-0.3, -0.25) is 10.1 Å². The maximum absolute atomic E-state index is 11.7. The molecule has 0 spiro atoms. The van der Waals surface area contributed by atoms with Gasteiger partial charge in [-0.1, -0.05) is 19.3 Å². The van der Waals surface area contributed by atoms with Crippen molar-refractivity contribution in [3.63, 3.8) is 0 Å². The molecule has 0 aliphatic carbocycles. The molecule has 0 radical (unpaired) electrons. The number of imide groups is 1. The first-order valence-corrected chi connectivity index (χ1v) is 7.79. The van der Waals surface area contributed by atoms with Gasteiger partial charge in [0, 0.05) is 0 Å². The largest absolute Gasteiger partial charge is 0.490 e. The Balaban J connectivity index is 2.45. The Morgan fingerprint density at radius 3 is 2.58 bits per heavy atom. The fraction of sp³-hybridized carbons (Fsp3) is 0.333. The molecular formula is C18H20N2O4. The van der Waals surface area contributed by atoms with Crippen LogP contribution in [0, 0.1) is 12.3 Å². The van der Waals surface area contributed by atoms with Gasteiger partial charge in [0.25, 0.3) is 5.91 Å². The first-order valence-electron chi connectivity index (χ1n) is 7.79. The standard InChI is InChI=1S/C18H20N2O4/c1-4-7-13-9-12(10-14-17(21)20-18(22)19-14)11-15(23-6-3)16(13)24-8-5-2/h2,9-11H,4,6-8H2,1,3H3,(H2,19,20,21,22)/b14-10+. The zero-order valence-electron chi connectivity index (χ0n) is 13.8. The maximum Gasteiger partial charge on any atom is 0.326 e. The topological polar surface area (TPSA) is 76.7 Å². The van der Waals surface area contributed by atoms with Gasteiger partial charge in [0.15, 0.2) is 11.5 Å². The van der Waals surface area contributed by atoms with Crippen molar-refractivity contribution in [2.45, 2.75) is 26.7 Å². The van der Waals surface area contributed by atoms with Crippen LogP contribution in [-0.4, -0.2) is 25.2 Å². The van der Waals surface area contributed by atoms with Gasteiger partial charge in [-0.15, -0.1) is 6.42 Å². The molecule has 1 aliphatic rings. The lowest BCUT2D eigenvalue weighted by molar-refractivity contribution is -0.115. The van der Waals surface area contributed by atoms with E-state index in [-0.39, 0.29) is 12.3 Å². The van der Waals surface area contributed by atoms with Gasteiger partial charge < -0.3 is 14.8 Å². The number of benzene rings is 1. The molecule has 1 aromatic rings. The van der Waals surface area contributed by atoms with Crippen molar-refractivity contribution in [1.29, 1.82) is 0 Å². The summed E-state index contributed by atoms with van der Waals surface area (Å²) in [6.07, 6.45) is 8.57. The summed E-state index contributed by atoms with van der Waals surface area (Å²) in [6, 6.07) is 3.14. The SMILES string of the molecule is C#CCOc1c(CCC)cc(/C=C2/NC(=O)NC2=O)cc1OCC. The zero-order chi connectivity index (χ0) is 17.5. The van der Waals surface area contributed by atoms with Gasteiger partial charge in [0.05, 0.1) is 6.61 Å². The molecule has 2 N–H and O–H groups in total. The van der Waals surface area contributed by atoms with E-state index in [1.807, 2.05) is 13.0 Å². The highest BCUT2D eigenvalue weighted by molar-refractivity contribution is 6.14. The molecule has 0 aromatic heterocycles. The minimum Gasteiger partial charge on any atom is -0.490 e. The number of hydrogen-bond acceptors (Lipinski definition) is 4. The van der Waals surface area contributed by atoms with Crippen molar-refractivity contribution in [2.75, 3.05) is 13.2 Å². The molecule has 2 rings (SSSR count). The Morgan fingerprint density at radius 1 is 1.21 bits per heavy atom. The summed E-state index contributed by atoms with van der Waals surface area (Å²) in [5.74, 6) is 3.18. The Hall–Kier alpha value is -2.94. The predicted octanol–water partition coefficient (Wildman–Crippen LogP) is 2.23. The Bertz CT molecular complexity index is 689. The first-order chi connectivity index (χ1) is 11.6. The van der Waals surface area contributed by atoms with Crippen LogP contribution in [0.25, 0.3) is 6.08 Å². The van der Waals surface area contributed by atoms with E-state index in [4.69, 9.17) is 15.9 Å². The molecule has 1 fully saturated rings. The fourth-order valence-electron chi connectivity index (χ4n) is 2.41. The number of hydrogen-bond donors (Lipinski definition) is 2. The summed E-state index contributed by atoms with van der Waals surface area (Å²) >= 11 is 0. The molecule has 1 aromatic carbocycles. The Morgan fingerprint density at radius 2 is 2.00 bits per heavy atom. The number of aryl methyl sites for hydroxylation is 1.